The molecule has 6 nitrogen and oxygen atoms in total. The summed E-state index contributed by atoms with van der Waals surface area (Å²) in [5, 5.41) is 6.55. The minimum absolute atomic E-state index is 0.0123. The Bertz CT molecular complexity index is 979. The SMILES string of the molecule is CCOC(=O)c1ccc(Nc2nccc(Nc3ccccc3C(C)(C)C)n2)cc1. The van der Waals surface area contributed by atoms with Gasteiger partial charge in [-0.2, -0.15) is 4.98 Å². The zero-order valence-corrected chi connectivity index (χ0v) is 17.2. The van der Waals surface area contributed by atoms with Gasteiger partial charge in [-0.3, -0.25) is 0 Å². The van der Waals surface area contributed by atoms with Gasteiger partial charge in [0.15, 0.2) is 0 Å². The smallest absolute Gasteiger partial charge is 0.338 e. The molecule has 0 amide bonds. The van der Waals surface area contributed by atoms with Gasteiger partial charge in [-0.15, -0.1) is 0 Å². The third kappa shape index (κ3) is 5.31. The highest BCUT2D eigenvalue weighted by molar-refractivity contribution is 5.89. The number of rotatable bonds is 6. The summed E-state index contributed by atoms with van der Waals surface area (Å²) in [6.45, 7) is 8.68. The van der Waals surface area contributed by atoms with Crippen LogP contribution in [0.2, 0.25) is 0 Å². The van der Waals surface area contributed by atoms with E-state index in [9.17, 15) is 4.79 Å². The zero-order chi connectivity index (χ0) is 20.9. The molecule has 0 saturated heterocycles. The van der Waals surface area contributed by atoms with Crippen LogP contribution in [-0.4, -0.2) is 22.5 Å². The molecule has 0 bridgehead atoms. The number of para-hydroxylation sites is 1. The zero-order valence-electron chi connectivity index (χ0n) is 17.2. The molecular formula is C23H26N4O2. The number of esters is 1. The highest BCUT2D eigenvalue weighted by Crippen LogP contribution is 2.31. The van der Waals surface area contributed by atoms with E-state index in [0.29, 0.717) is 23.9 Å². The van der Waals surface area contributed by atoms with Crippen LogP contribution in [0.3, 0.4) is 0 Å². The van der Waals surface area contributed by atoms with E-state index in [0.717, 1.165) is 11.4 Å². The second-order valence-corrected chi connectivity index (χ2v) is 7.61. The maximum Gasteiger partial charge on any atom is 0.338 e. The lowest BCUT2D eigenvalue weighted by Gasteiger charge is -2.23. The Hall–Kier alpha value is -3.41. The summed E-state index contributed by atoms with van der Waals surface area (Å²) >= 11 is 0. The van der Waals surface area contributed by atoms with E-state index in [4.69, 9.17) is 4.74 Å². The molecule has 0 aliphatic heterocycles. The quantitative estimate of drug-likeness (QED) is 0.546. The molecule has 2 N–H and O–H groups in total. The summed E-state index contributed by atoms with van der Waals surface area (Å²) in [6.07, 6.45) is 1.70. The molecule has 2 aromatic carbocycles. The van der Waals surface area contributed by atoms with Crippen molar-refractivity contribution in [3.05, 3.63) is 71.9 Å². The lowest BCUT2D eigenvalue weighted by Crippen LogP contribution is -2.13. The van der Waals surface area contributed by atoms with E-state index in [1.54, 1.807) is 37.4 Å². The first-order valence-corrected chi connectivity index (χ1v) is 9.60. The van der Waals surface area contributed by atoms with Gasteiger partial charge in [-0.05, 0) is 54.3 Å². The Morgan fingerprint density at radius 1 is 1.00 bits per heavy atom. The first kappa shape index (κ1) is 20.3. The third-order valence-corrected chi connectivity index (χ3v) is 4.31. The summed E-state index contributed by atoms with van der Waals surface area (Å²) in [6, 6.07) is 17.0. The highest BCUT2D eigenvalue weighted by atomic mass is 16.5. The molecule has 29 heavy (non-hydrogen) atoms. The summed E-state index contributed by atoms with van der Waals surface area (Å²) < 4.78 is 5.00. The van der Waals surface area contributed by atoms with Crippen LogP contribution >= 0.6 is 0 Å². The predicted molar refractivity (Wildman–Crippen MR) is 116 cm³/mol. The minimum Gasteiger partial charge on any atom is -0.462 e. The van der Waals surface area contributed by atoms with Crippen LogP contribution in [0, 0.1) is 0 Å². The van der Waals surface area contributed by atoms with Crippen LogP contribution in [0.1, 0.15) is 43.6 Å². The summed E-state index contributed by atoms with van der Waals surface area (Å²) in [7, 11) is 0. The molecule has 0 spiro atoms. The molecule has 6 heteroatoms. The van der Waals surface area contributed by atoms with Crippen molar-refractivity contribution in [2.75, 3.05) is 17.2 Å². The van der Waals surface area contributed by atoms with Gasteiger partial charge in [-0.1, -0.05) is 39.0 Å². The maximum absolute atomic E-state index is 11.8. The fourth-order valence-electron chi connectivity index (χ4n) is 2.91. The van der Waals surface area contributed by atoms with Crippen LogP contribution < -0.4 is 10.6 Å². The van der Waals surface area contributed by atoms with Crippen molar-refractivity contribution in [2.45, 2.75) is 33.1 Å². The molecule has 0 radical (unpaired) electrons. The molecule has 0 atom stereocenters. The molecule has 3 rings (SSSR count). The number of hydrogen-bond donors (Lipinski definition) is 2. The number of carbonyl (C=O) groups excluding carboxylic acids is 1. The third-order valence-electron chi connectivity index (χ3n) is 4.31. The van der Waals surface area contributed by atoms with Crippen molar-refractivity contribution in [1.29, 1.82) is 0 Å². The van der Waals surface area contributed by atoms with Crippen LogP contribution in [0.5, 0.6) is 0 Å². The monoisotopic (exact) mass is 390 g/mol. The lowest BCUT2D eigenvalue weighted by atomic mass is 9.86. The lowest BCUT2D eigenvalue weighted by molar-refractivity contribution is 0.0526. The Morgan fingerprint density at radius 2 is 1.72 bits per heavy atom. The summed E-state index contributed by atoms with van der Waals surface area (Å²) in [4.78, 5) is 20.6. The molecule has 0 unspecified atom stereocenters. The Morgan fingerprint density at radius 3 is 2.41 bits per heavy atom. The van der Waals surface area contributed by atoms with Crippen LogP contribution in [-0.2, 0) is 10.2 Å². The van der Waals surface area contributed by atoms with Gasteiger partial charge in [0.25, 0.3) is 0 Å². The average Bonchev–Trinajstić information content (AvgIpc) is 2.69. The number of benzene rings is 2. The number of carbonyl (C=O) groups is 1. The van der Waals surface area contributed by atoms with Crippen molar-refractivity contribution in [1.82, 2.24) is 9.97 Å². The average molecular weight is 390 g/mol. The van der Waals surface area contributed by atoms with Crippen molar-refractivity contribution in [2.24, 2.45) is 0 Å². The van der Waals surface area contributed by atoms with Crippen LogP contribution in [0.4, 0.5) is 23.1 Å². The van der Waals surface area contributed by atoms with Crippen molar-refractivity contribution in [3.63, 3.8) is 0 Å². The Labute approximate surface area is 171 Å². The molecule has 150 valence electrons. The molecular weight excluding hydrogens is 364 g/mol. The number of aromatic nitrogens is 2. The number of anilines is 4. The van der Waals surface area contributed by atoms with E-state index < -0.39 is 0 Å². The molecule has 0 aliphatic rings. The normalized spacial score (nSPS) is 11.0. The number of nitrogens with zero attached hydrogens (tertiary/aromatic N) is 2. The van der Waals surface area contributed by atoms with Gasteiger partial charge in [0.05, 0.1) is 12.2 Å². The van der Waals surface area contributed by atoms with Crippen LogP contribution in [0.15, 0.2) is 60.8 Å². The topological polar surface area (TPSA) is 76.1 Å². The van der Waals surface area contributed by atoms with Gasteiger partial charge in [-0.25, -0.2) is 9.78 Å². The van der Waals surface area contributed by atoms with Crippen LogP contribution in [0.25, 0.3) is 0 Å². The van der Waals surface area contributed by atoms with E-state index in [1.807, 2.05) is 24.3 Å². The molecule has 0 aliphatic carbocycles. The molecule has 0 saturated carbocycles. The van der Waals surface area contributed by atoms with Gasteiger partial charge >= 0.3 is 5.97 Å². The van der Waals surface area contributed by atoms with E-state index in [-0.39, 0.29) is 11.4 Å². The first-order valence-electron chi connectivity index (χ1n) is 9.60. The van der Waals surface area contributed by atoms with E-state index in [2.05, 4.69) is 47.4 Å². The number of ether oxygens (including phenoxy) is 1. The molecule has 0 fully saturated rings. The number of nitrogens with one attached hydrogen (secondary N) is 2. The predicted octanol–water partition coefficient (Wildman–Crippen LogP) is 5.44. The Kier molecular flexibility index (Phi) is 6.12. The summed E-state index contributed by atoms with van der Waals surface area (Å²) in [5.41, 5.74) is 3.53. The molecule has 1 aromatic heterocycles. The summed E-state index contributed by atoms with van der Waals surface area (Å²) in [5.74, 6) is 0.827. The van der Waals surface area contributed by atoms with Crippen molar-refractivity contribution in [3.8, 4) is 0 Å². The fourth-order valence-corrected chi connectivity index (χ4v) is 2.91. The molecule has 3 aromatic rings. The second kappa shape index (κ2) is 8.73. The first-order chi connectivity index (χ1) is 13.9. The van der Waals surface area contributed by atoms with Crippen molar-refractivity contribution < 1.29 is 9.53 Å². The Balaban J connectivity index is 1.75. The number of hydrogen-bond acceptors (Lipinski definition) is 6. The van der Waals surface area contributed by atoms with Gasteiger partial charge in [0.2, 0.25) is 5.95 Å². The van der Waals surface area contributed by atoms with E-state index in [1.165, 1.54) is 5.56 Å². The van der Waals surface area contributed by atoms with Crippen molar-refractivity contribution >= 4 is 29.1 Å². The molecule has 1 heterocycles. The second-order valence-electron chi connectivity index (χ2n) is 7.61. The maximum atomic E-state index is 11.8. The standard InChI is InChI=1S/C23H26N4O2/c1-5-29-21(28)16-10-12-17(13-11-16)25-22-24-15-14-20(27-22)26-19-9-7-6-8-18(19)23(2,3)4/h6-15H,5H2,1-4H3,(H2,24,25,26,27). The highest BCUT2D eigenvalue weighted by Gasteiger charge is 2.17. The van der Waals surface area contributed by atoms with Gasteiger partial charge < -0.3 is 15.4 Å². The minimum atomic E-state index is -0.334. The largest absolute Gasteiger partial charge is 0.462 e. The fraction of sp³-hybridized carbons (Fsp3) is 0.261. The van der Waals surface area contributed by atoms with E-state index >= 15 is 0 Å². The van der Waals surface area contributed by atoms with Gasteiger partial charge in [0.1, 0.15) is 5.82 Å². The van der Waals surface area contributed by atoms with Gasteiger partial charge in [0, 0.05) is 17.6 Å².